The van der Waals surface area contributed by atoms with Crippen molar-refractivity contribution in [2.75, 3.05) is 0 Å². The van der Waals surface area contributed by atoms with Crippen LogP contribution in [0.5, 0.6) is 5.75 Å². The fraction of sp³-hybridized carbons (Fsp3) is 0.568. The second-order valence-electron chi connectivity index (χ2n) is 15.2. The summed E-state index contributed by atoms with van der Waals surface area (Å²) < 4.78 is 18.3. The average molecular weight is 577 g/mol. The lowest BCUT2D eigenvalue weighted by molar-refractivity contribution is -0.170. The van der Waals surface area contributed by atoms with E-state index in [1.165, 1.54) is 5.56 Å². The van der Waals surface area contributed by atoms with Gasteiger partial charge in [-0.15, -0.1) is 0 Å². The molecule has 0 saturated carbocycles. The number of fused-ring (bicyclic) bond motifs is 1. The van der Waals surface area contributed by atoms with Gasteiger partial charge in [0.15, 0.2) is 0 Å². The van der Waals surface area contributed by atoms with Crippen LogP contribution in [0.15, 0.2) is 51.7 Å². The molecule has 3 aromatic rings. The van der Waals surface area contributed by atoms with Crippen LogP contribution in [0.4, 0.5) is 0 Å². The molecule has 5 nitrogen and oxygen atoms in total. The summed E-state index contributed by atoms with van der Waals surface area (Å²) in [7, 11) is 0. The van der Waals surface area contributed by atoms with Gasteiger partial charge in [0.1, 0.15) is 22.5 Å². The number of aryl methyl sites for hydroxylation is 2. The number of esters is 1. The van der Waals surface area contributed by atoms with E-state index in [0.29, 0.717) is 23.3 Å². The van der Waals surface area contributed by atoms with Crippen molar-refractivity contribution in [3.63, 3.8) is 0 Å². The Morgan fingerprint density at radius 2 is 1.48 bits per heavy atom. The van der Waals surface area contributed by atoms with Crippen LogP contribution in [0.25, 0.3) is 22.1 Å². The van der Waals surface area contributed by atoms with E-state index in [4.69, 9.17) is 13.9 Å². The fourth-order valence-electron chi connectivity index (χ4n) is 5.88. The summed E-state index contributed by atoms with van der Waals surface area (Å²) >= 11 is 0. The van der Waals surface area contributed by atoms with E-state index in [-0.39, 0.29) is 28.3 Å². The summed E-state index contributed by atoms with van der Waals surface area (Å²) in [5, 5.41) is 0.831. The largest absolute Gasteiger partial charge is 0.488 e. The highest BCUT2D eigenvalue weighted by Crippen LogP contribution is 2.39. The minimum absolute atomic E-state index is 0.00726. The predicted octanol–water partition coefficient (Wildman–Crippen LogP) is 9.55. The third-order valence-electron chi connectivity index (χ3n) is 7.73. The molecule has 1 unspecified atom stereocenters. The first-order valence-corrected chi connectivity index (χ1v) is 15.4. The van der Waals surface area contributed by atoms with Crippen molar-refractivity contribution in [1.82, 2.24) is 0 Å². The SMILES string of the molecule is CCc1ccc(-c2cc3ccc(OC(C)(C)CC(C)(C)OC(=O)C(CC(C)(C)C)C(C)(C)C)cc3oc2=O)c(CC)c1. The van der Waals surface area contributed by atoms with Gasteiger partial charge in [0.2, 0.25) is 0 Å². The lowest BCUT2D eigenvalue weighted by atomic mass is 9.72. The standard InChI is InChI=1S/C37H52O5/c1-13-24-15-18-28(25(14-2)19-24)29-20-26-16-17-27(21-31(26)40-32(29)38)41-36(9,10)23-37(11,12)42-33(39)30(35(6,7)8)22-34(3,4)5/h15-21,30H,13-14,22-23H2,1-12H3. The molecule has 3 rings (SSSR count). The van der Waals surface area contributed by atoms with Gasteiger partial charge in [0, 0.05) is 17.9 Å². The van der Waals surface area contributed by atoms with Crippen LogP contribution in [0, 0.1) is 16.7 Å². The molecule has 0 radical (unpaired) electrons. The third-order valence-corrected chi connectivity index (χ3v) is 7.73. The van der Waals surface area contributed by atoms with Crippen molar-refractivity contribution in [2.45, 2.75) is 120 Å². The van der Waals surface area contributed by atoms with E-state index in [2.05, 4.69) is 67.5 Å². The van der Waals surface area contributed by atoms with Crippen molar-refractivity contribution < 1.29 is 18.7 Å². The van der Waals surface area contributed by atoms with E-state index in [1.54, 1.807) is 6.07 Å². The quantitative estimate of drug-likeness (QED) is 0.178. The lowest BCUT2D eigenvalue weighted by Crippen LogP contribution is -2.43. The normalized spacial score (nSPS) is 13.7. The lowest BCUT2D eigenvalue weighted by Gasteiger charge is -2.39. The van der Waals surface area contributed by atoms with Crippen molar-refractivity contribution in [3.05, 3.63) is 64.0 Å². The van der Waals surface area contributed by atoms with Gasteiger partial charge in [-0.25, -0.2) is 4.79 Å². The summed E-state index contributed by atoms with van der Waals surface area (Å²) in [5.41, 5.74) is 2.38. The molecular weight excluding hydrogens is 524 g/mol. The maximum Gasteiger partial charge on any atom is 0.344 e. The van der Waals surface area contributed by atoms with Crippen LogP contribution in [0.1, 0.15) is 107 Å². The van der Waals surface area contributed by atoms with E-state index in [9.17, 15) is 9.59 Å². The molecule has 0 fully saturated rings. The van der Waals surface area contributed by atoms with Crippen LogP contribution in [0.3, 0.4) is 0 Å². The summed E-state index contributed by atoms with van der Waals surface area (Å²) in [5.74, 6) is 0.205. The van der Waals surface area contributed by atoms with E-state index in [0.717, 1.165) is 35.8 Å². The minimum atomic E-state index is -0.745. The number of carbonyl (C=O) groups excluding carboxylic acids is 1. The zero-order valence-electron chi connectivity index (χ0n) is 28.0. The molecule has 42 heavy (non-hydrogen) atoms. The van der Waals surface area contributed by atoms with Crippen LogP contribution in [-0.4, -0.2) is 17.2 Å². The zero-order chi connectivity index (χ0) is 31.7. The van der Waals surface area contributed by atoms with Gasteiger partial charge >= 0.3 is 11.6 Å². The monoisotopic (exact) mass is 576 g/mol. The topological polar surface area (TPSA) is 65.7 Å². The molecule has 2 aromatic carbocycles. The molecule has 1 aromatic heterocycles. The number of carbonyl (C=O) groups is 1. The zero-order valence-corrected chi connectivity index (χ0v) is 28.0. The Kier molecular flexibility index (Phi) is 9.76. The maximum atomic E-state index is 13.4. The smallest absolute Gasteiger partial charge is 0.344 e. The predicted molar refractivity (Wildman–Crippen MR) is 173 cm³/mol. The van der Waals surface area contributed by atoms with Gasteiger partial charge in [0.25, 0.3) is 0 Å². The van der Waals surface area contributed by atoms with Gasteiger partial charge in [-0.1, -0.05) is 73.6 Å². The van der Waals surface area contributed by atoms with Gasteiger partial charge < -0.3 is 13.9 Å². The molecule has 0 aliphatic carbocycles. The summed E-state index contributed by atoms with van der Waals surface area (Å²) in [4.78, 5) is 26.5. The molecular formula is C37H52O5. The summed E-state index contributed by atoms with van der Waals surface area (Å²) in [6.07, 6.45) is 3.01. The van der Waals surface area contributed by atoms with Gasteiger partial charge in [-0.2, -0.15) is 0 Å². The van der Waals surface area contributed by atoms with Crippen molar-refractivity contribution >= 4 is 16.9 Å². The molecule has 0 aliphatic rings. The minimum Gasteiger partial charge on any atom is -0.488 e. The van der Waals surface area contributed by atoms with Crippen LogP contribution in [-0.2, 0) is 22.4 Å². The first-order chi connectivity index (χ1) is 19.2. The van der Waals surface area contributed by atoms with E-state index in [1.807, 2.05) is 52.0 Å². The number of hydrogen-bond donors (Lipinski definition) is 0. The van der Waals surface area contributed by atoms with Gasteiger partial charge in [-0.3, -0.25) is 4.79 Å². The Morgan fingerprint density at radius 1 is 0.810 bits per heavy atom. The molecule has 230 valence electrons. The summed E-state index contributed by atoms with van der Waals surface area (Å²) in [6.45, 7) is 24.8. The third kappa shape index (κ3) is 8.72. The number of benzene rings is 2. The number of rotatable bonds is 10. The molecule has 0 spiro atoms. The maximum absolute atomic E-state index is 13.4. The van der Waals surface area contributed by atoms with Crippen LogP contribution in [0.2, 0.25) is 0 Å². The fourth-order valence-corrected chi connectivity index (χ4v) is 5.88. The Hall–Kier alpha value is -3.08. The van der Waals surface area contributed by atoms with E-state index < -0.39 is 11.2 Å². The highest BCUT2D eigenvalue weighted by atomic mass is 16.6. The number of hydrogen-bond acceptors (Lipinski definition) is 5. The highest BCUT2D eigenvalue weighted by molar-refractivity contribution is 5.83. The Bertz CT molecular complexity index is 1460. The molecule has 0 saturated heterocycles. The first-order valence-electron chi connectivity index (χ1n) is 15.4. The van der Waals surface area contributed by atoms with Gasteiger partial charge in [-0.05, 0) is 92.7 Å². The molecule has 1 atom stereocenters. The Balaban J connectivity index is 1.81. The second kappa shape index (κ2) is 12.3. The highest BCUT2D eigenvalue weighted by Gasteiger charge is 2.40. The van der Waals surface area contributed by atoms with Crippen molar-refractivity contribution in [3.8, 4) is 16.9 Å². The molecule has 0 N–H and O–H groups in total. The van der Waals surface area contributed by atoms with Gasteiger partial charge in [0.05, 0.1) is 11.5 Å². The molecule has 0 amide bonds. The van der Waals surface area contributed by atoms with Crippen molar-refractivity contribution in [1.29, 1.82) is 0 Å². The average Bonchev–Trinajstić information content (AvgIpc) is 2.84. The first kappa shape index (κ1) is 33.4. The van der Waals surface area contributed by atoms with Crippen LogP contribution < -0.4 is 10.4 Å². The molecule has 0 bridgehead atoms. The Morgan fingerprint density at radius 3 is 2.05 bits per heavy atom. The Labute approximate surface area is 253 Å². The molecule has 5 heteroatoms. The summed E-state index contributed by atoms with van der Waals surface area (Å²) in [6, 6.07) is 13.8. The molecule has 1 heterocycles. The van der Waals surface area contributed by atoms with Crippen molar-refractivity contribution in [2.24, 2.45) is 16.7 Å². The number of ether oxygens (including phenoxy) is 2. The van der Waals surface area contributed by atoms with E-state index >= 15 is 0 Å². The second-order valence-corrected chi connectivity index (χ2v) is 15.2. The van der Waals surface area contributed by atoms with Crippen LogP contribution >= 0.6 is 0 Å². The molecule has 0 aliphatic heterocycles.